The van der Waals surface area contributed by atoms with E-state index in [1.54, 1.807) is 11.4 Å². The molecule has 3 atom stereocenters. The molecular formula is C25H42N4O4S. The Morgan fingerprint density at radius 3 is 2.38 bits per heavy atom. The number of methoxy groups -OCH3 is 1. The summed E-state index contributed by atoms with van der Waals surface area (Å²) in [5, 5.41) is 0. The molecule has 0 N–H and O–H groups in total. The molecule has 2 aliphatic rings. The predicted molar refractivity (Wildman–Crippen MR) is 136 cm³/mol. The molecule has 0 bridgehead atoms. The maximum absolute atomic E-state index is 13.0. The molecule has 1 heterocycles. The van der Waals surface area contributed by atoms with Gasteiger partial charge in [-0.1, -0.05) is 0 Å². The molecule has 0 aromatic heterocycles. The first-order valence-electron chi connectivity index (χ1n) is 12.3. The van der Waals surface area contributed by atoms with E-state index in [4.69, 9.17) is 9.47 Å². The van der Waals surface area contributed by atoms with Crippen molar-refractivity contribution >= 4 is 16.9 Å². The van der Waals surface area contributed by atoms with Crippen LogP contribution in [0.1, 0.15) is 30.4 Å². The number of hydrogen-bond acceptors (Lipinski definition) is 6. The molecule has 9 heteroatoms. The third-order valence-corrected chi connectivity index (χ3v) is 9.02. The van der Waals surface area contributed by atoms with Crippen molar-refractivity contribution < 1.29 is 18.5 Å². The van der Waals surface area contributed by atoms with Crippen LogP contribution in [0.15, 0.2) is 17.0 Å². The molecule has 34 heavy (non-hydrogen) atoms. The highest BCUT2D eigenvalue weighted by molar-refractivity contribution is 7.82. The molecule has 1 unspecified atom stereocenters. The Hall–Kier alpha value is -1.52. The number of hydrogen-bond donors (Lipinski definition) is 0. The minimum Gasteiger partial charge on any atom is -0.497 e. The summed E-state index contributed by atoms with van der Waals surface area (Å²) < 4.78 is 25.8. The van der Waals surface area contributed by atoms with E-state index in [-0.39, 0.29) is 18.6 Å². The second-order valence-electron chi connectivity index (χ2n) is 9.71. The highest BCUT2D eigenvalue weighted by Crippen LogP contribution is 2.28. The van der Waals surface area contributed by atoms with Gasteiger partial charge in [-0.25, -0.2) is 8.51 Å². The van der Waals surface area contributed by atoms with E-state index in [0.29, 0.717) is 19.2 Å². The first kappa shape index (κ1) is 27.1. The average Bonchev–Trinajstić information content (AvgIpc) is 3.31. The van der Waals surface area contributed by atoms with E-state index in [1.165, 1.54) is 0 Å². The lowest BCUT2D eigenvalue weighted by molar-refractivity contribution is -0.136. The number of ether oxygens (including phenoxy) is 2. The minimum atomic E-state index is -1.30. The van der Waals surface area contributed by atoms with E-state index in [2.05, 4.69) is 16.8 Å². The zero-order valence-corrected chi connectivity index (χ0v) is 22.5. The van der Waals surface area contributed by atoms with Crippen LogP contribution in [0.5, 0.6) is 5.75 Å². The Kier molecular flexibility index (Phi) is 9.91. The molecule has 1 amide bonds. The van der Waals surface area contributed by atoms with Gasteiger partial charge in [0.05, 0.1) is 18.6 Å². The van der Waals surface area contributed by atoms with E-state index in [0.717, 1.165) is 67.2 Å². The number of amides is 1. The van der Waals surface area contributed by atoms with Gasteiger partial charge in [0.15, 0.2) is 0 Å². The molecule has 1 aliphatic heterocycles. The first-order valence-corrected chi connectivity index (χ1v) is 13.4. The fraction of sp³-hybridized carbons (Fsp3) is 0.720. The number of benzene rings is 1. The Labute approximate surface area is 207 Å². The van der Waals surface area contributed by atoms with Crippen molar-refractivity contribution in [3.63, 3.8) is 0 Å². The van der Waals surface area contributed by atoms with Crippen LogP contribution in [-0.2, 0) is 20.5 Å². The summed E-state index contributed by atoms with van der Waals surface area (Å²) in [5.41, 5.74) is 1.87. The molecule has 2 fully saturated rings. The SMILES string of the molecule is COc1cc(C)c(S(=O)N(C)CCOCC(=O)N(C)[C@@H]2CC[C@H](N3CCN(C)CC3)C2)c(C)c1. The van der Waals surface area contributed by atoms with Gasteiger partial charge in [-0.05, 0) is 63.4 Å². The topological polar surface area (TPSA) is 65.6 Å². The van der Waals surface area contributed by atoms with Crippen molar-refractivity contribution in [2.75, 3.05) is 74.2 Å². The van der Waals surface area contributed by atoms with Gasteiger partial charge in [0, 0.05) is 58.9 Å². The fourth-order valence-corrected chi connectivity index (χ4v) is 6.23. The molecule has 3 rings (SSSR count). The van der Waals surface area contributed by atoms with Crippen molar-refractivity contribution in [2.45, 2.75) is 50.1 Å². The maximum Gasteiger partial charge on any atom is 0.248 e. The lowest BCUT2D eigenvalue weighted by Crippen LogP contribution is -2.48. The largest absolute Gasteiger partial charge is 0.497 e. The summed E-state index contributed by atoms with van der Waals surface area (Å²) in [4.78, 5) is 20.4. The first-order chi connectivity index (χ1) is 16.2. The predicted octanol–water partition coefficient (Wildman–Crippen LogP) is 1.91. The zero-order valence-electron chi connectivity index (χ0n) is 21.7. The van der Waals surface area contributed by atoms with Gasteiger partial charge >= 0.3 is 0 Å². The molecule has 1 aromatic carbocycles. The second-order valence-corrected chi connectivity index (χ2v) is 11.2. The van der Waals surface area contributed by atoms with E-state index >= 15 is 0 Å². The number of piperazine rings is 1. The van der Waals surface area contributed by atoms with Gasteiger partial charge in [-0.15, -0.1) is 0 Å². The van der Waals surface area contributed by atoms with Gasteiger partial charge in [-0.3, -0.25) is 9.69 Å². The molecule has 1 aliphatic carbocycles. The number of nitrogens with zero attached hydrogens (tertiary/aromatic N) is 4. The van der Waals surface area contributed by atoms with Crippen LogP contribution in [0.25, 0.3) is 0 Å². The Morgan fingerprint density at radius 1 is 1.12 bits per heavy atom. The van der Waals surface area contributed by atoms with Gasteiger partial charge in [0.1, 0.15) is 23.3 Å². The lowest BCUT2D eigenvalue weighted by Gasteiger charge is -2.36. The van der Waals surface area contributed by atoms with Crippen molar-refractivity contribution in [3.8, 4) is 5.75 Å². The maximum atomic E-state index is 13.0. The number of carbonyl (C=O) groups is 1. The van der Waals surface area contributed by atoms with Gasteiger partial charge in [-0.2, -0.15) is 0 Å². The number of rotatable bonds is 10. The molecule has 0 spiro atoms. The van der Waals surface area contributed by atoms with Crippen LogP contribution in [0.2, 0.25) is 0 Å². The summed E-state index contributed by atoms with van der Waals surface area (Å²) in [5.74, 6) is 0.788. The Balaban J connectivity index is 1.40. The summed E-state index contributed by atoms with van der Waals surface area (Å²) in [7, 11) is 6.22. The molecule has 0 radical (unpaired) electrons. The van der Waals surface area contributed by atoms with Crippen molar-refractivity contribution in [1.29, 1.82) is 0 Å². The van der Waals surface area contributed by atoms with Crippen molar-refractivity contribution in [2.24, 2.45) is 0 Å². The van der Waals surface area contributed by atoms with Crippen molar-refractivity contribution in [3.05, 3.63) is 23.3 Å². The quantitative estimate of drug-likeness (QED) is 0.463. The van der Waals surface area contributed by atoms with Crippen LogP contribution >= 0.6 is 0 Å². The molecule has 8 nitrogen and oxygen atoms in total. The number of aryl methyl sites for hydroxylation is 2. The lowest BCUT2D eigenvalue weighted by atomic mass is 10.1. The van der Waals surface area contributed by atoms with Crippen LogP contribution in [-0.4, -0.2) is 115 Å². The molecule has 1 saturated carbocycles. The fourth-order valence-electron chi connectivity index (χ4n) is 5.01. The highest BCUT2D eigenvalue weighted by Gasteiger charge is 2.34. The van der Waals surface area contributed by atoms with Gasteiger partial charge < -0.3 is 19.3 Å². The third kappa shape index (κ3) is 6.79. The standard InChI is InChI=1S/C25H42N4O4S/c1-19-15-23(32-6)16-20(2)25(19)34(31)27(4)13-14-33-18-24(30)28(5)21-7-8-22(17-21)29-11-9-26(3)10-12-29/h15-16,21-22H,7-14,17-18H2,1-6H3/t21-,22+,34?/m1/s1. The van der Waals surface area contributed by atoms with Crippen LogP contribution < -0.4 is 4.74 Å². The number of carbonyl (C=O) groups excluding carboxylic acids is 1. The molecule has 1 saturated heterocycles. The van der Waals surface area contributed by atoms with E-state index in [9.17, 15) is 9.00 Å². The Bertz CT molecular complexity index is 836. The van der Waals surface area contributed by atoms with Crippen LogP contribution in [0, 0.1) is 13.8 Å². The average molecular weight is 495 g/mol. The molecule has 1 aromatic rings. The normalized spacial score (nSPS) is 22.8. The Morgan fingerprint density at radius 2 is 1.76 bits per heavy atom. The third-order valence-electron chi connectivity index (χ3n) is 7.28. The smallest absolute Gasteiger partial charge is 0.248 e. The number of likely N-dealkylation sites (N-methyl/N-ethyl adjacent to an activating group) is 3. The second kappa shape index (κ2) is 12.4. The summed E-state index contributed by atoms with van der Waals surface area (Å²) in [6, 6.07) is 4.67. The van der Waals surface area contributed by atoms with Crippen LogP contribution in [0.4, 0.5) is 0 Å². The van der Waals surface area contributed by atoms with E-state index < -0.39 is 11.0 Å². The van der Waals surface area contributed by atoms with Crippen molar-refractivity contribution in [1.82, 2.24) is 19.0 Å². The van der Waals surface area contributed by atoms with Crippen LogP contribution in [0.3, 0.4) is 0 Å². The summed E-state index contributed by atoms with van der Waals surface area (Å²) in [6.45, 7) is 9.28. The zero-order chi connectivity index (χ0) is 24.8. The summed E-state index contributed by atoms with van der Waals surface area (Å²) in [6.07, 6.45) is 3.27. The minimum absolute atomic E-state index is 0.0228. The molecular weight excluding hydrogens is 452 g/mol. The van der Waals surface area contributed by atoms with E-state index in [1.807, 2.05) is 45.0 Å². The molecule has 192 valence electrons. The monoisotopic (exact) mass is 494 g/mol. The van der Waals surface area contributed by atoms with Gasteiger partial charge in [0.25, 0.3) is 0 Å². The summed E-state index contributed by atoms with van der Waals surface area (Å²) >= 11 is 0. The highest BCUT2D eigenvalue weighted by atomic mass is 32.2. The van der Waals surface area contributed by atoms with Gasteiger partial charge in [0.2, 0.25) is 5.91 Å².